The summed E-state index contributed by atoms with van der Waals surface area (Å²) in [6.45, 7) is -0.0285. The van der Waals surface area contributed by atoms with E-state index >= 15 is 0 Å². The number of methoxy groups -OCH3 is 1. The number of nitrogens with one attached hydrogen (secondary N) is 2. The van der Waals surface area contributed by atoms with Gasteiger partial charge in [0.15, 0.2) is 0 Å². The lowest BCUT2D eigenvalue weighted by atomic mass is 10.2. The van der Waals surface area contributed by atoms with Gasteiger partial charge in [0, 0.05) is 18.5 Å². The second-order valence-electron chi connectivity index (χ2n) is 3.99. The molecule has 114 valence electrons. The molecule has 0 saturated heterocycles. The molecule has 2 amide bonds. The fourth-order valence-corrected chi connectivity index (χ4v) is 1.93. The van der Waals surface area contributed by atoms with E-state index in [1.807, 2.05) is 0 Å². The molecule has 0 fully saturated rings. The van der Waals surface area contributed by atoms with E-state index in [0.717, 1.165) is 11.8 Å². The van der Waals surface area contributed by atoms with Gasteiger partial charge in [-0.25, -0.2) is 0 Å². The lowest BCUT2D eigenvalue weighted by Gasteiger charge is -2.07. The molecule has 0 aliphatic heterocycles. The van der Waals surface area contributed by atoms with Gasteiger partial charge in [0.1, 0.15) is 6.61 Å². The van der Waals surface area contributed by atoms with Gasteiger partial charge >= 0.3 is 5.97 Å². The standard InChI is InChI=1S/C13H16N2O5S/c1-20-6-11(16)14-9-2-4-10(5-3-9)15-12(17)7-21-8-13(18)19/h2-5H,6-8H2,1H3,(H,14,16)(H,15,17)(H,18,19). The number of hydrogen-bond acceptors (Lipinski definition) is 5. The number of rotatable bonds is 8. The highest BCUT2D eigenvalue weighted by atomic mass is 32.2. The van der Waals surface area contributed by atoms with Gasteiger partial charge in [-0.2, -0.15) is 0 Å². The molecule has 0 radical (unpaired) electrons. The quantitative estimate of drug-likeness (QED) is 0.662. The fraction of sp³-hybridized carbons (Fsp3) is 0.308. The number of aliphatic carboxylic acids is 1. The summed E-state index contributed by atoms with van der Waals surface area (Å²) < 4.78 is 4.69. The molecule has 0 aliphatic carbocycles. The number of carbonyl (C=O) groups excluding carboxylic acids is 2. The van der Waals surface area contributed by atoms with E-state index in [1.54, 1.807) is 24.3 Å². The van der Waals surface area contributed by atoms with E-state index in [2.05, 4.69) is 10.6 Å². The number of benzene rings is 1. The minimum absolute atomic E-state index is 0.0285. The molecule has 0 bridgehead atoms. The molecule has 7 nitrogen and oxygen atoms in total. The Morgan fingerprint density at radius 1 is 1.05 bits per heavy atom. The summed E-state index contributed by atoms with van der Waals surface area (Å²) in [6.07, 6.45) is 0. The number of anilines is 2. The molecule has 0 heterocycles. The smallest absolute Gasteiger partial charge is 0.313 e. The van der Waals surface area contributed by atoms with Crippen LogP contribution in [-0.2, 0) is 19.1 Å². The SMILES string of the molecule is COCC(=O)Nc1ccc(NC(=O)CSCC(=O)O)cc1. The third-order valence-corrected chi connectivity index (χ3v) is 3.10. The number of ether oxygens (including phenoxy) is 1. The molecule has 21 heavy (non-hydrogen) atoms. The first-order chi connectivity index (χ1) is 10.0. The Morgan fingerprint density at radius 3 is 2.05 bits per heavy atom. The first-order valence-corrected chi connectivity index (χ1v) is 7.15. The van der Waals surface area contributed by atoms with Crippen LogP contribution >= 0.6 is 11.8 Å². The predicted octanol–water partition coefficient (Wildman–Crippen LogP) is 1.03. The van der Waals surface area contributed by atoms with Crippen LogP contribution in [0.2, 0.25) is 0 Å². The van der Waals surface area contributed by atoms with E-state index in [9.17, 15) is 14.4 Å². The lowest BCUT2D eigenvalue weighted by molar-refractivity contribution is -0.133. The summed E-state index contributed by atoms with van der Waals surface area (Å²) in [7, 11) is 1.43. The van der Waals surface area contributed by atoms with Crippen molar-refractivity contribution < 1.29 is 24.2 Å². The van der Waals surface area contributed by atoms with E-state index in [-0.39, 0.29) is 29.9 Å². The molecule has 1 rings (SSSR count). The summed E-state index contributed by atoms with van der Waals surface area (Å²) in [6, 6.07) is 6.57. The van der Waals surface area contributed by atoms with Crippen molar-refractivity contribution in [3.63, 3.8) is 0 Å². The summed E-state index contributed by atoms with van der Waals surface area (Å²) >= 11 is 1.02. The van der Waals surface area contributed by atoms with Crippen LogP contribution in [0.25, 0.3) is 0 Å². The Balaban J connectivity index is 2.41. The Hall–Kier alpha value is -2.06. The highest BCUT2D eigenvalue weighted by Crippen LogP contribution is 2.14. The maximum absolute atomic E-state index is 11.5. The minimum atomic E-state index is -0.955. The maximum Gasteiger partial charge on any atom is 0.313 e. The van der Waals surface area contributed by atoms with E-state index in [0.29, 0.717) is 11.4 Å². The number of thioether (sulfide) groups is 1. The van der Waals surface area contributed by atoms with Crippen molar-refractivity contribution in [2.24, 2.45) is 0 Å². The van der Waals surface area contributed by atoms with E-state index < -0.39 is 5.97 Å². The number of carbonyl (C=O) groups is 3. The Bertz CT molecular complexity index is 504. The zero-order valence-electron chi connectivity index (χ0n) is 11.4. The van der Waals surface area contributed by atoms with Crippen LogP contribution in [0.15, 0.2) is 24.3 Å². The second kappa shape index (κ2) is 8.98. The average Bonchev–Trinajstić information content (AvgIpc) is 2.41. The van der Waals surface area contributed by atoms with Crippen LogP contribution in [0.3, 0.4) is 0 Å². The third kappa shape index (κ3) is 7.33. The molecule has 1 aromatic carbocycles. The highest BCUT2D eigenvalue weighted by Gasteiger charge is 2.05. The number of hydrogen-bond donors (Lipinski definition) is 3. The largest absolute Gasteiger partial charge is 0.481 e. The number of carboxylic acids is 1. The van der Waals surface area contributed by atoms with Crippen LogP contribution in [0.5, 0.6) is 0 Å². The van der Waals surface area contributed by atoms with Gasteiger partial charge in [-0.1, -0.05) is 0 Å². The van der Waals surface area contributed by atoms with Crippen molar-refractivity contribution in [3.05, 3.63) is 24.3 Å². The van der Waals surface area contributed by atoms with Gasteiger partial charge in [-0.05, 0) is 24.3 Å². The molecule has 0 saturated carbocycles. The molecule has 1 aromatic rings. The van der Waals surface area contributed by atoms with Gasteiger partial charge < -0.3 is 20.5 Å². The summed E-state index contributed by atoms with van der Waals surface area (Å²) in [5.74, 6) is -1.54. The zero-order chi connectivity index (χ0) is 15.7. The number of amides is 2. The Morgan fingerprint density at radius 2 is 1.57 bits per heavy atom. The van der Waals surface area contributed by atoms with Crippen LogP contribution in [-0.4, -0.2) is 48.1 Å². The molecular formula is C13H16N2O5S. The minimum Gasteiger partial charge on any atom is -0.481 e. The van der Waals surface area contributed by atoms with Gasteiger partial charge in [0.05, 0.1) is 11.5 Å². The van der Waals surface area contributed by atoms with E-state index in [1.165, 1.54) is 7.11 Å². The molecular weight excluding hydrogens is 296 g/mol. The first kappa shape index (κ1) is 17.0. The van der Waals surface area contributed by atoms with Crippen molar-refractivity contribution in [2.75, 3.05) is 35.9 Å². The average molecular weight is 312 g/mol. The monoisotopic (exact) mass is 312 g/mol. The summed E-state index contributed by atoms with van der Waals surface area (Å²) in [5.41, 5.74) is 1.16. The number of carboxylic acid groups (broad SMARTS) is 1. The fourth-order valence-electron chi connectivity index (χ4n) is 1.39. The molecule has 0 unspecified atom stereocenters. The van der Waals surface area contributed by atoms with Gasteiger partial charge in [0.2, 0.25) is 11.8 Å². The molecule has 0 spiro atoms. The summed E-state index contributed by atoms with van der Waals surface area (Å²) in [5, 5.41) is 13.7. The molecule has 0 atom stereocenters. The maximum atomic E-state index is 11.5. The highest BCUT2D eigenvalue weighted by molar-refractivity contribution is 8.00. The van der Waals surface area contributed by atoms with Crippen molar-refractivity contribution >= 4 is 40.9 Å². The Kier molecular flexibility index (Phi) is 7.27. The Labute approximate surface area is 126 Å². The molecule has 0 aromatic heterocycles. The van der Waals surface area contributed by atoms with Crippen molar-refractivity contribution in [1.82, 2.24) is 0 Å². The van der Waals surface area contributed by atoms with Crippen molar-refractivity contribution in [2.45, 2.75) is 0 Å². The van der Waals surface area contributed by atoms with Crippen LogP contribution < -0.4 is 10.6 Å². The zero-order valence-corrected chi connectivity index (χ0v) is 12.2. The lowest BCUT2D eigenvalue weighted by Crippen LogP contribution is -2.17. The summed E-state index contributed by atoms with van der Waals surface area (Å²) in [4.78, 5) is 33.1. The van der Waals surface area contributed by atoms with Crippen molar-refractivity contribution in [3.8, 4) is 0 Å². The van der Waals surface area contributed by atoms with Crippen LogP contribution in [0, 0.1) is 0 Å². The van der Waals surface area contributed by atoms with Gasteiger partial charge in [-0.3, -0.25) is 14.4 Å². The van der Waals surface area contributed by atoms with Crippen molar-refractivity contribution in [1.29, 1.82) is 0 Å². The predicted molar refractivity (Wildman–Crippen MR) is 80.5 cm³/mol. The van der Waals surface area contributed by atoms with Crippen LogP contribution in [0.1, 0.15) is 0 Å². The van der Waals surface area contributed by atoms with Gasteiger partial charge in [0.25, 0.3) is 0 Å². The van der Waals surface area contributed by atoms with Gasteiger partial charge in [-0.15, -0.1) is 11.8 Å². The molecule has 0 aliphatic rings. The first-order valence-electron chi connectivity index (χ1n) is 5.99. The normalized spacial score (nSPS) is 9.95. The topological polar surface area (TPSA) is 105 Å². The third-order valence-electron chi connectivity index (χ3n) is 2.19. The molecule has 3 N–H and O–H groups in total. The molecule has 8 heteroatoms. The van der Waals surface area contributed by atoms with Crippen LogP contribution in [0.4, 0.5) is 11.4 Å². The van der Waals surface area contributed by atoms with E-state index in [4.69, 9.17) is 9.84 Å². The second-order valence-corrected chi connectivity index (χ2v) is 4.98.